The highest BCUT2D eigenvalue weighted by molar-refractivity contribution is 7.89. The number of rotatable bonds is 5. The minimum atomic E-state index is -3.67. The molecule has 1 saturated heterocycles. The van der Waals surface area contributed by atoms with Crippen molar-refractivity contribution >= 4 is 15.9 Å². The molecule has 0 radical (unpaired) electrons. The fraction of sp³-hybridized carbons (Fsp3) is 0.550. The van der Waals surface area contributed by atoms with E-state index in [1.165, 1.54) is 4.31 Å². The Hall–Kier alpha value is -1.74. The third-order valence-corrected chi connectivity index (χ3v) is 6.78. The Bertz CT molecular complexity index is 834. The van der Waals surface area contributed by atoms with Gasteiger partial charge in [0, 0.05) is 31.7 Å². The van der Waals surface area contributed by atoms with Crippen molar-refractivity contribution in [1.29, 1.82) is 0 Å². The average molecular weight is 409 g/mol. The lowest BCUT2D eigenvalue weighted by molar-refractivity contribution is -0.198. The predicted molar refractivity (Wildman–Crippen MR) is 105 cm³/mol. The van der Waals surface area contributed by atoms with Crippen LogP contribution in [-0.2, 0) is 29.8 Å². The molecule has 8 heteroatoms. The lowest BCUT2D eigenvalue weighted by Crippen LogP contribution is -2.36. The lowest BCUT2D eigenvalue weighted by Gasteiger charge is -2.22. The molecule has 28 heavy (non-hydrogen) atoms. The molecule has 1 unspecified atom stereocenters. The molecule has 1 atom stereocenters. The first-order valence-electron chi connectivity index (χ1n) is 9.55. The van der Waals surface area contributed by atoms with Crippen molar-refractivity contribution in [3.05, 3.63) is 41.5 Å². The molecule has 1 aromatic carbocycles. The van der Waals surface area contributed by atoms with E-state index >= 15 is 0 Å². The van der Waals surface area contributed by atoms with E-state index in [4.69, 9.17) is 9.57 Å². The number of hydroxylamine groups is 1. The Morgan fingerprint density at radius 1 is 1.21 bits per heavy atom. The van der Waals surface area contributed by atoms with E-state index in [0.29, 0.717) is 12.2 Å². The van der Waals surface area contributed by atoms with Crippen LogP contribution in [0.1, 0.15) is 45.6 Å². The van der Waals surface area contributed by atoms with Crippen LogP contribution in [0.3, 0.4) is 0 Å². The molecular formula is C20H28N2O5S. The van der Waals surface area contributed by atoms with Gasteiger partial charge in [0.2, 0.25) is 10.0 Å². The molecule has 0 bridgehead atoms. The van der Waals surface area contributed by atoms with Gasteiger partial charge in [0.1, 0.15) is 0 Å². The van der Waals surface area contributed by atoms with Crippen molar-refractivity contribution in [2.45, 2.75) is 56.6 Å². The maximum atomic E-state index is 12.9. The van der Waals surface area contributed by atoms with Crippen LogP contribution in [0.4, 0.5) is 0 Å². The zero-order valence-electron chi connectivity index (χ0n) is 16.6. The molecule has 1 N–H and O–H groups in total. The van der Waals surface area contributed by atoms with Crippen LogP contribution in [0.2, 0.25) is 0 Å². The normalized spacial score (nSPS) is 21.4. The number of benzene rings is 1. The van der Waals surface area contributed by atoms with Gasteiger partial charge in [-0.25, -0.2) is 18.7 Å². The third kappa shape index (κ3) is 4.81. The maximum Gasteiger partial charge on any atom is 0.271 e. The summed E-state index contributed by atoms with van der Waals surface area (Å²) in [5.41, 5.74) is 3.76. The second-order valence-electron chi connectivity index (χ2n) is 8.15. The van der Waals surface area contributed by atoms with E-state index in [2.05, 4.69) is 26.3 Å². The summed E-state index contributed by atoms with van der Waals surface area (Å²) in [7, 11) is -3.67. The van der Waals surface area contributed by atoms with Gasteiger partial charge in [0.15, 0.2) is 6.29 Å². The standard InChI is InChI=1S/C20H28N2O5S/c1-20(2,3)16-7-9-17(10-8-16)28(24,25)22-12-11-15(14-22)19(23)21-27-18-6-4-5-13-26-18/h7-11,18H,4-6,12-14H2,1-3H3,(H,21,23). The highest BCUT2D eigenvalue weighted by atomic mass is 32.2. The molecule has 2 aliphatic heterocycles. The van der Waals surface area contributed by atoms with Gasteiger partial charge < -0.3 is 4.74 Å². The zero-order chi connectivity index (χ0) is 20.4. The quantitative estimate of drug-likeness (QED) is 0.757. The third-order valence-electron chi connectivity index (χ3n) is 4.96. The molecule has 0 aliphatic carbocycles. The van der Waals surface area contributed by atoms with Crippen LogP contribution in [0.5, 0.6) is 0 Å². The van der Waals surface area contributed by atoms with Crippen LogP contribution in [0.15, 0.2) is 40.8 Å². The Kier molecular flexibility index (Phi) is 6.24. The number of nitrogens with one attached hydrogen (secondary N) is 1. The van der Waals surface area contributed by atoms with Crippen molar-refractivity contribution in [1.82, 2.24) is 9.79 Å². The average Bonchev–Trinajstić information content (AvgIpc) is 3.17. The Morgan fingerprint density at radius 2 is 1.93 bits per heavy atom. The van der Waals surface area contributed by atoms with E-state index < -0.39 is 22.2 Å². The molecular weight excluding hydrogens is 380 g/mol. The largest absolute Gasteiger partial charge is 0.350 e. The van der Waals surface area contributed by atoms with E-state index in [1.807, 2.05) is 12.1 Å². The smallest absolute Gasteiger partial charge is 0.271 e. The van der Waals surface area contributed by atoms with Crippen LogP contribution in [-0.4, -0.2) is 44.6 Å². The molecule has 154 valence electrons. The molecule has 2 heterocycles. The highest BCUT2D eigenvalue weighted by Crippen LogP contribution is 2.26. The van der Waals surface area contributed by atoms with Crippen LogP contribution >= 0.6 is 0 Å². The Morgan fingerprint density at radius 3 is 2.54 bits per heavy atom. The summed E-state index contributed by atoms with van der Waals surface area (Å²) in [6.07, 6.45) is 3.87. The number of amides is 1. The van der Waals surface area contributed by atoms with Gasteiger partial charge in [0.05, 0.1) is 4.90 Å². The summed E-state index contributed by atoms with van der Waals surface area (Å²) in [6.45, 7) is 7.02. The summed E-state index contributed by atoms with van der Waals surface area (Å²) >= 11 is 0. The number of hydrogen-bond acceptors (Lipinski definition) is 5. The first-order chi connectivity index (χ1) is 13.2. The molecule has 0 saturated carbocycles. The van der Waals surface area contributed by atoms with Crippen molar-refractivity contribution in [2.24, 2.45) is 0 Å². The van der Waals surface area contributed by atoms with Crippen LogP contribution in [0.25, 0.3) is 0 Å². The summed E-state index contributed by atoms with van der Waals surface area (Å²) in [6, 6.07) is 6.92. The first kappa shape index (κ1) is 21.0. The SMILES string of the molecule is CC(C)(C)c1ccc(S(=O)(=O)N2CC=C(C(=O)NOC3CCCCO3)C2)cc1. The van der Waals surface area contributed by atoms with Crippen LogP contribution < -0.4 is 5.48 Å². The summed E-state index contributed by atoms with van der Waals surface area (Å²) in [4.78, 5) is 17.8. The van der Waals surface area contributed by atoms with Gasteiger partial charge in [-0.1, -0.05) is 39.0 Å². The molecule has 7 nitrogen and oxygen atoms in total. The van der Waals surface area contributed by atoms with Gasteiger partial charge in [-0.05, 0) is 36.0 Å². The Balaban J connectivity index is 1.59. The van der Waals surface area contributed by atoms with E-state index in [-0.39, 0.29) is 23.4 Å². The van der Waals surface area contributed by atoms with Crippen molar-refractivity contribution in [3.63, 3.8) is 0 Å². The second-order valence-corrected chi connectivity index (χ2v) is 10.1. The molecule has 1 fully saturated rings. The van der Waals surface area contributed by atoms with Crippen molar-refractivity contribution in [2.75, 3.05) is 19.7 Å². The van der Waals surface area contributed by atoms with Crippen molar-refractivity contribution < 1.29 is 22.8 Å². The molecule has 1 amide bonds. The summed E-state index contributed by atoms with van der Waals surface area (Å²) in [5, 5.41) is 0. The number of carbonyl (C=O) groups is 1. The van der Waals surface area contributed by atoms with Crippen molar-refractivity contribution in [3.8, 4) is 0 Å². The minimum absolute atomic E-state index is 0.0179. The lowest BCUT2D eigenvalue weighted by atomic mass is 9.87. The van der Waals surface area contributed by atoms with Gasteiger partial charge in [-0.3, -0.25) is 4.79 Å². The Labute approximate surface area is 166 Å². The fourth-order valence-corrected chi connectivity index (χ4v) is 4.50. The molecule has 1 aromatic rings. The van der Waals surface area contributed by atoms with E-state index in [1.54, 1.807) is 18.2 Å². The fourth-order valence-electron chi connectivity index (χ4n) is 3.14. The monoisotopic (exact) mass is 408 g/mol. The van der Waals surface area contributed by atoms with Gasteiger partial charge in [0.25, 0.3) is 5.91 Å². The summed E-state index contributed by atoms with van der Waals surface area (Å²) in [5.74, 6) is -0.435. The number of ether oxygens (including phenoxy) is 1. The predicted octanol–water partition coefficient (Wildman–Crippen LogP) is 2.49. The molecule has 0 aromatic heterocycles. The van der Waals surface area contributed by atoms with E-state index in [9.17, 15) is 13.2 Å². The molecule has 0 spiro atoms. The van der Waals surface area contributed by atoms with E-state index in [0.717, 1.165) is 24.8 Å². The number of carbonyl (C=O) groups excluding carboxylic acids is 1. The minimum Gasteiger partial charge on any atom is -0.350 e. The number of nitrogens with zero attached hydrogens (tertiary/aromatic N) is 1. The van der Waals surface area contributed by atoms with Crippen LogP contribution in [0, 0.1) is 0 Å². The maximum absolute atomic E-state index is 12.9. The second kappa shape index (κ2) is 8.32. The van der Waals surface area contributed by atoms with Gasteiger partial charge in [-0.2, -0.15) is 4.31 Å². The number of hydrogen-bond donors (Lipinski definition) is 1. The first-order valence-corrected chi connectivity index (χ1v) is 11.0. The summed E-state index contributed by atoms with van der Waals surface area (Å²) < 4.78 is 32.4. The zero-order valence-corrected chi connectivity index (χ0v) is 17.4. The van der Waals surface area contributed by atoms with Gasteiger partial charge in [-0.15, -0.1) is 0 Å². The highest BCUT2D eigenvalue weighted by Gasteiger charge is 2.31. The molecule has 2 aliphatic rings. The number of sulfonamides is 1. The van der Waals surface area contributed by atoms with Gasteiger partial charge >= 0.3 is 0 Å². The topological polar surface area (TPSA) is 84.9 Å². The molecule has 3 rings (SSSR count).